The molecule has 2 aliphatic rings. The molecule has 1 saturated carbocycles. The van der Waals surface area contributed by atoms with Crippen molar-refractivity contribution in [1.29, 1.82) is 0 Å². The highest BCUT2D eigenvalue weighted by Gasteiger charge is 2.40. The number of nitro benzene ring substituents is 1. The van der Waals surface area contributed by atoms with E-state index in [1.54, 1.807) is 0 Å². The molecule has 8 heteroatoms. The van der Waals surface area contributed by atoms with Gasteiger partial charge in [0.05, 0.1) is 10.5 Å². The van der Waals surface area contributed by atoms with E-state index in [2.05, 4.69) is 5.32 Å². The highest BCUT2D eigenvalue weighted by Crippen LogP contribution is 2.30. The second kappa shape index (κ2) is 11.0. The molecular formula is C23H31N3O5. The lowest BCUT2D eigenvalue weighted by Gasteiger charge is -2.20. The van der Waals surface area contributed by atoms with Gasteiger partial charge in [0.2, 0.25) is 5.91 Å². The Morgan fingerprint density at radius 3 is 2.13 bits per heavy atom. The number of nitrogens with zero attached hydrogens (tertiary/aromatic N) is 2. The molecule has 1 heterocycles. The van der Waals surface area contributed by atoms with Gasteiger partial charge in [-0.25, -0.2) is 0 Å². The van der Waals surface area contributed by atoms with Crippen LogP contribution in [0.2, 0.25) is 0 Å². The molecule has 1 aromatic rings. The molecule has 1 fully saturated rings. The molecule has 0 saturated heterocycles. The Kier molecular flexibility index (Phi) is 8.14. The number of hydrogen-bond acceptors (Lipinski definition) is 5. The third-order valence-corrected chi connectivity index (χ3v) is 6.21. The smallest absolute Gasteiger partial charge is 0.282 e. The van der Waals surface area contributed by atoms with Gasteiger partial charge >= 0.3 is 0 Å². The van der Waals surface area contributed by atoms with Crippen molar-refractivity contribution in [2.24, 2.45) is 0 Å². The van der Waals surface area contributed by atoms with E-state index in [9.17, 15) is 24.5 Å². The zero-order chi connectivity index (χ0) is 22.2. The maximum atomic E-state index is 12.6. The van der Waals surface area contributed by atoms with Gasteiger partial charge in [-0.15, -0.1) is 0 Å². The van der Waals surface area contributed by atoms with Crippen LogP contribution in [0.15, 0.2) is 18.2 Å². The monoisotopic (exact) mass is 429 g/mol. The molecule has 3 rings (SSSR count). The van der Waals surface area contributed by atoms with Gasteiger partial charge in [-0.3, -0.25) is 29.4 Å². The summed E-state index contributed by atoms with van der Waals surface area (Å²) in [5, 5.41) is 14.3. The average molecular weight is 430 g/mol. The van der Waals surface area contributed by atoms with Gasteiger partial charge in [-0.1, -0.05) is 63.9 Å². The molecule has 0 atom stereocenters. The van der Waals surface area contributed by atoms with Crippen LogP contribution in [-0.2, 0) is 4.79 Å². The topological polar surface area (TPSA) is 110 Å². The maximum Gasteiger partial charge on any atom is 0.282 e. The quantitative estimate of drug-likeness (QED) is 0.425. The summed E-state index contributed by atoms with van der Waals surface area (Å²) >= 11 is 0. The highest BCUT2D eigenvalue weighted by atomic mass is 16.6. The number of benzene rings is 1. The van der Waals surface area contributed by atoms with Crippen LogP contribution in [-0.4, -0.2) is 40.1 Å². The first-order valence-electron chi connectivity index (χ1n) is 11.4. The first-order valence-corrected chi connectivity index (χ1v) is 11.4. The SMILES string of the molecule is O=C(CCN1C(=O)c2cccc([N+](=O)[O-])c2C1=O)NC1CCCCCCCCCCC1. The largest absolute Gasteiger partial charge is 0.353 e. The lowest BCUT2D eigenvalue weighted by atomic mass is 9.98. The van der Waals surface area contributed by atoms with Gasteiger partial charge in [0.25, 0.3) is 17.5 Å². The van der Waals surface area contributed by atoms with Crippen molar-refractivity contribution in [3.8, 4) is 0 Å². The van der Waals surface area contributed by atoms with E-state index in [1.807, 2.05) is 0 Å². The average Bonchev–Trinajstić information content (AvgIpc) is 2.98. The number of fused-ring (bicyclic) bond motifs is 1. The van der Waals surface area contributed by atoms with Gasteiger partial charge < -0.3 is 5.32 Å². The number of nitro groups is 1. The number of carbonyl (C=O) groups is 3. The molecule has 1 aliphatic carbocycles. The van der Waals surface area contributed by atoms with Crippen LogP contribution in [0.3, 0.4) is 0 Å². The summed E-state index contributed by atoms with van der Waals surface area (Å²) in [7, 11) is 0. The fourth-order valence-corrected chi connectivity index (χ4v) is 4.49. The standard InChI is InChI=1S/C23H31N3O5/c27-20(24-17-11-8-6-4-2-1-3-5-7-9-12-17)15-16-25-22(28)18-13-10-14-19(26(30)31)21(18)23(25)29/h10,13-14,17H,1-9,11-12,15-16H2,(H,24,27). The summed E-state index contributed by atoms with van der Waals surface area (Å²) in [6, 6.07) is 4.13. The van der Waals surface area contributed by atoms with Crippen molar-refractivity contribution in [2.75, 3.05) is 6.54 Å². The number of nitrogens with one attached hydrogen (secondary N) is 1. The molecule has 0 bridgehead atoms. The van der Waals surface area contributed by atoms with Gasteiger partial charge in [0.1, 0.15) is 5.56 Å². The summed E-state index contributed by atoms with van der Waals surface area (Å²) in [5.74, 6) is -1.48. The van der Waals surface area contributed by atoms with E-state index in [1.165, 1.54) is 63.1 Å². The number of imide groups is 1. The third kappa shape index (κ3) is 5.89. The lowest BCUT2D eigenvalue weighted by Crippen LogP contribution is -2.38. The maximum absolute atomic E-state index is 12.6. The van der Waals surface area contributed by atoms with Crippen LogP contribution in [0.1, 0.15) is 97.8 Å². The Balaban J connectivity index is 1.55. The lowest BCUT2D eigenvalue weighted by molar-refractivity contribution is -0.385. The van der Waals surface area contributed by atoms with Crippen molar-refractivity contribution < 1.29 is 19.3 Å². The van der Waals surface area contributed by atoms with Crippen molar-refractivity contribution in [1.82, 2.24) is 10.2 Å². The minimum absolute atomic E-state index is 0.00420. The highest BCUT2D eigenvalue weighted by molar-refractivity contribution is 6.23. The van der Waals surface area contributed by atoms with Crippen LogP contribution in [0.25, 0.3) is 0 Å². The molecule has 0 spiro atoms. The number of rotatable bonds is 5. The fourth-order valence-electron chi connectivity index (χ4n) is 4.49. The molecule has 0 unspecified atom stereocenters. The Bertz CT molecular complexity index is 827. The minimum Gasteiger partial charge on any atom is -0.353 e. The Labute approximate surface area is 182 Å². The predicted molar refractivity (Wildman–Crippen MR) is 116 cm³/mol. The second-order valence-corrected chi connectivity index (χ2v) is 8.49. The fraction of sp³-hybridized carbons (Fsp3) is 0.609. The molecular weight excluding hydrogens is 398 g/mol. The van der Waals surface area contributed by atoms with Crippen LogP contribution < -0.4 is 5.32 Å². The van der Waals surface area contributed by atoms with E-state index in [-0.39, 0.29) is 41.7 Å². The van der Waals surface area contributed by atoms with E-state index in [4.69, 9.17) is 0 Å². The number of amides is 3. The normalized spacial score (nSPS) is 18.8. The molecule has 1 aliphatic heterocycles. The summed E-state index contributed by atoms with van der Waals surface area (Å²) < 4.78 is 0. The number of hydrogen-bond donors (Lipinski definition) is 1. The first-order chi connectivity index (χ1) is 15.0. The minimum atomic E-state index is -0.703. The molecule has 0 radical (unpaired) electrons. The van der Waals surface area contributed by atoms with Gasteiger partial charge in [0, 0.05) is 25.1 Å². The summed E-state index contributed by atoms with van der Waals surface area (Å²) in [6.07, 6.45) is 12.8. The van der Waals surface area contributed by atoms with Crippen LogP contribution in [0.5, 0.6) is 0 Å². The molecule has 1 aromatic carbocycles. The molecule has 168 valence electrons. The molecule has 3 amide bonds. The first kappa shape index (κ1) is 22.9. The van der Waals surface area contributed by atoms with Crippen LogP contribution >= 0.6 is 0 Å². The van der Waals surface area contributed by atoms with Gasteiger partial charge in [-0.05, 0) is 18.9 Å². The molecule has 31 heavy (non-hydrogen) atoms. The third-order valence-electron chi connectivity index (χ3n) is 6.21. The summed E-state index contributed by atoms with van der Waals surface area (Å²) in [6.45, 7) is -0.0813. The predicted octanol–water partition coefficient (Wildman–Crippen LogP) is 4.37. The van der Waals surface area contributed by atoms with E-state index in [0.29, 0.717) is 0 Å². The van der Waals surface area contributed by atoms with Gasteiger partial charge in [0.15, 0.2) is 0 Å². The van der Waals surface area contributed by atoms with E-state index < -0.39 is 16.7 Å². The molecule has 1 N–H and O–H groups in total. The Hall–Kier alpha value is -2.77. The zero-order valence-electron chi connectivity index (χ0n) is 17.9. The van der Waals surface area contributed by atoms with Crippen LogP contribution in [0, 0.1) is 10.1 Å². The zero-order valence-corrected chi connectivity index (χ0v) is 17.9. The summed E-state index contributed by atoms with van der Waals surface area (Å²) in [5.41, 5.74) is -0.535. The molecule has 0 aromatic heterocycles. The molecule has 8 nitrogen and oxygen atoms in total. The van der Waals surface area contributed by atoms with E-state index >= 15 is 0 Å². The van der Waals surface area contributed by atoms with Crippen molar-refractivity contribution in [3.63, 3.8) is 0 Å². The Morgan fingerprint density at radius 2 is 1.55 bits per heavy atom. The van der Waals surface area contributed by atoms with Gasteiger partial charge in [-0.2, -0.15) is 0 Å². The number of carbonyl (C=O) groups excluding carboxylic acids is 3. The van der Waals surface area contributed by atoms with Crippen LogP contribution in [0.4, 0.5) is 5.69 Å². The second-order valence-electron chi connectivity index (χ2n) is 8.49. The van der Waals surface area contributed by atoms with E-state index in [0.717, 1.165) is 30.6 Å². The van der Waals surface area contributed by atoms with Crippen molar-refractivity contribution in [2.45, 2.75) is 83.1 Å². The van der Waals surface area contributed by atoms with Crippen molar-refractivity contribution in [3.05, 3.63) is 39.4 Å². The Morgan fingerprint density at radius 1 is 0.968 bits per heavy atom. The van der Waals surface area contributed by atoms with Crippen molar-refractivity contribution >= 4 is 23.4 Å². The summed E-state index contributed by atoms with van der Waals surface area (Å²) in [4.78, 5) is 49.2.